The molecule has 0 fully saturated rings. The van der Waals surface area contributed by atoms with E-state index in [2.05, 4.69) is 15.6 Å². The van der Waals surface area contributed by atoms with E-state index >= 15 is 0 Å². The van der Waals surface area contributed by atoms with Crippen molar-refractivity contribution in [1.82, 2.24) is 4.98 Å². The summed E-state index contributed by atoms with van der Waals surface area (Å²) >= 11 is 1.36. The lowest BCUT2D eigenvalue weighted by atomic mass is 10.1. The van der Waals surface area contributed by atoms with Crippen molar-refractivity contribution in [3.63, 3.8) is 0 Å². The van der Waals surface area contributed by atoms with Crippen LogP contribution >= 0.6 is 11.3 Å². The molecular weight excluding hydrogens is 346 g/mol. The highest BCUT2D eigenvalue weighted by atomic mass is 32.1. The maximum absolute atomic E-state index is 12.1. The molecule has 0 atom stereocenters. The summed E-state index contributed by atoms with van der Waals surface area (Å²) < 4.78 is 0. The van der Waals surface area contributed by atoms with E-state index in [9.17, 15) is 9.59 Å². The van der Waals surface area contributed by atoms with Crippen LogP contribution in [0.2, 0.25) is 0 Å². The van der Waals surface area contributed by atoms with E-state index in [1.807, 2.05) is 60.0 Å². The Balaban J connectivity index is 1.69. The van der Waals surface area contributed by atoms with Crippen LogP contribution in [0.3, 0.4) is 0 Å². The van der Waals surface area contributed by atoms with Gasteiger partial charge in [0.15, 0.2) is 5.13 Å². The van der Waals surface area contributed by atoms with Gasteiger partial charge in [-0.15, -0.1) is 11.3 Å². The number of carbonyl (C=O) groups excluding carboxylic acids is 2. The molecule has 130 valence electrons. The molecule has 0 unspecified atom stereocenters. The van der Waals surface area contributed by atoms with Crippen LogP contribution in [0.5, 0.6) is 0 Å². The molecule has 0 saturated heterocycles. The number of anilines is 2. The van der Waals surface area contributed by atoms with Crippen LogP contribution in [0.25, 0.3) is 17.3 Å². The fourth-order valence-corrected chi connectivity index (χ4v) is 3.06. The Morgan fingerprint density at radius 1 is 1.04 bits per heavy atom. The van der Waals surface area contributed by atoms with Crippen LogP contribution in [0.4, 0.5) is 10.8 Å². The molecule has 26 heavy (non-hydrogen) atoms. The molecular formula is C20H17N3O2S. The largest absolute Gasteiger partial charge is 0.322 e. The molecule has 0 aliphatic rings. The fraction of sp³-hybridized carbons (Fsp3) is 0.0500. The number of nitrogens with one attached hydrogen (secondary N) is 2. The first-order chi connectivity index (χ1) is 12.6. The lowest BCUT2D eigenvalue weighted by molar-refractivity contribution is -0.114. The summed E-state index contributed by atoms with van der Waals surface area (Å²) in [6.07, 6.45) is 3.26. The Kier molecular flexibility index (Phi) is 5.56. The quantitative estimate of drug-likeness (QED) is 0.659. The van der Waals surface area contributed by atoms with E-state index in [1.165, 1.54) is 24.3 Å². The van der Waals surface area contributed by atoms with Crippen LogP contribution in [-0.2, 0) is 9.59 Å². The van der Waals surface area contributed by atoms with E-state index in [4.69, 9.17) is 0 Å². The van der Waals surface area contributed by atoms with Crippen molar-refractivity contribution in [3.8, 4) is 11.3 Å². The van der Waals surface area contributed by atoms with Crippen molar-refractivity contribution in [3.05, 3.63) is 71.6 Å². The third kappa shape index (κ3) is 4.87. The molecule has 0 spiro atoms. The second-order valence-corrected chi connectivity index (χ2v) is 6.39. The van der Waals surface area contributed by atoms with Gasteiger partial charge >= 0.3 is 0 Å². The number of aromatic nitrogens is 1. The van der Waals surface area contributed by atoms with E-state index in [-0.39, 0.29) is 11.8 Å². The molecule has 3 aromatic rings. The van der Waals surface area contributed by atoms with Crippen molar-refractivity contribution in [1.29, 1.82) is 0 Å². The second-order valence-electron chi connectivity index (χ2n) is 5.53. The van der Waals surface area contributed by atoms with E-state index in [1.54, 1.807) is 6.08 Å². The predicted molar refractivity (Wildman–Crippen MR) is 106 cm³/mol. The first kappa shape index (κ1) is 17.6. The van der Waals surface area contributed by atoms with Crippen molar-refractivity contribution in [2.24, 2.45) is 0 Å². The predicted octanol–water partition coefficient (Wildman–Crippen LogP) is 4.42. The van der Waals surface area contributed by atoms with Gasteiger partial charge in [0.2, 0.25) is 11.8 Å². The number of nitrogens with zero attached hydrogens (tertiary/aromatic N) is 1. The van der Waals surface area contributed by atoms with Crippen LogP contribution < -0.4 is 10.6 Å². The zero-order valence-electron chi connectivity index (χ0n) is 14.1. The summed E-state index contributed by atoms with van der Waals surface area (Å²) in [4.78, 5) is 27.6. The van der Waals surface area contributed by atoms with E-state index < -0.39 is 0 Å². The summed E-state index contributed by atoms with van der Waals surface area (Å²) in [6.45, 7) is 1.44. The van der Waals surface area contributed by atoms with Gasteiger partial charge < -0.3 is 10.6 Å². The Hall–Kier alpha value is -3.25. The van der Waals surface area contributed by atoms with E-state index in [0.717, 1.165) is 16.8 Å². The third-order valence-corrected chi connectivity index (χ3v) is 4.20. The highest BCUT2D eigenvalue weighted by Gasteiger charge is 2.07. The van der Waals surface area contributed by atoms with Gasteiger partial charge in [0, 0.05) is 29.6 Å². The molecule has 6 heteroatoms. The van der Waals surface area contributed by atoms with Crippen LogP contribution in [-0.4, -0.2) is 16.8 Å². The van der Waals surface area contributed by atoms with Gasteiger partial charge in [0.05, 0.1) is 5.69 Å². The molecule has 2 amide bonds. The molecule has 2 aromatic carbocycles. The number of carbonyl (C=O) groups is 2. The average molecular weight is 363 g/mol. The minimum Gasteiger partial charge on any atom is -0.322 e. The summed E-state index contributed by atoms with van der Waals surface area (Å²) in [5.74, 6) is -0.361. The van der Waals surface area contributed by atoms with Gasteiger partial charge in [-0.05, 0) is 23.8 Å². The number of rotatable bonds is 5. The third-order valence-electron chi connectivity index (χ3n) is 3.44. The van der Waals surface area contributed by atoms with Crippen molar-refractivity contribution >= 4 is 40.0 Å². The summed E-state index contributed by atoms with van der Waals surface area (Å²) in [5.41, 5.74) is 3.25. The van der Waals surface area contributed by atoms with Crippen molar-refractivity contribution < 1.29 is 9.59 Å². The van der Waals surface area contributed by atoms with Gasteiger partial charge in [-0.1, -0.05) is 42.5 Å². The lowest BCUT2D eigenvalue weighted by Crippen LogP contribution is -2.07. The molecule has 1 heterocycles. The maximum atomic E-state index is 12.1. The van der Waals surface area contributed by atoms with Crippen LogP contribution in [0, 0.1) is 0 Å². The summed E-state index contributed by atoms with van der Waals surface area (Å²) in [6, 6.07) is 17.1. The summed E-state index contributed by atoms with van der Waals surface area (Å²) in [7, 11) is 0. The number of thiazole rings is 1. The van der Waals surface area contributed by atoms with Crippen molar-refractivity contribution in [2.75, 3.05) is 10.6 Å². The highest BCUT2D eigenvalue weighted by Crippen LogP contribution is 2.26. The number of hydrogen-bond donors (Lipinski definition) is 2. The SMILES string of the molecule is CC(=O)Nc1nc(-c2cccc(NC(=O)/C=C/c3ccccc3)c2)cs1. The molecule has 0 aliphatic carbocycles. The number of amides is 2. The van der Waals surface area contributed by atoms with Gasteiger partial charge in [0.1, 0.15) is 0 Å². The molecule has 0 saturated carbocycles. The van der Waals surface area contributed by atoms with Crippen molar-refractivity contribution in [2.45, 2.75) is 6.92 Å². The number of hydrogen-bond acceptors (Lipinski definition) is 4. The molecule has 0 radical (unpaired) electrons. The van der Waals surface area contributed by atoms with Gasteiger partial charge in [-0.3, -0.25) is 9.59 Å². The standard InChI is InChI=1S/C20H17N3O2S/c1-14(24)21-20-23-18(13-26-20)16-8-5-9-17(12-16)22-19(25)11-10-15-6-3-2-4-7-15/h2-13H,1H3,(H,22,25)(H,21,23,24)/b11-10+. The van der Waals surface area contributed by atoms with Crippen LogP contribution in [0.1, 0.15) is 12.5 Å². The van der Waals surface area contributed by atoms with Gasteiger partial charge in [-0.2, -0.15) is 0 Å². The summed E-state index contributed by atoms with van der Waals surface area (Å²) in [5, 5.41) is 7.92. The fourth-order valence-electron chi connectivity index (χ4n) is 2.29. The Morgan fingerprint density at radius 3 is 2.62 bits per heavy atom. The first-order valence-corrected chi connectivity index (χ1v) is 8.86. The smallest absolute Gasteiger partial charge is 0.248 e. The molecule has 0 aliphatic heterocycles. The minimum atomic E-state index is -0.205. The molecule has 1 aromatic heterocycles. The number of benzene rings is 2. The average Bonchev–Trinajstić information content (AvgIpc) is 3.09. The first-order valence-electron chi connectivity index (χ1n) is 7.98. The molecule has 0 bridgehead atoms. The zero-order valence-corrected chi connectivity index (χ0v) is 14.9. The molecule has 2 N–H and O–H groups in total. The monoisotopic (exact) mass is 363 g/mol. The van der Waals surface area contributed by atoms with Crippen LogP contribution in [0.15, 0.2) is 66.1 Å². The maximum Gasteiger partial charge on any atom is 0.248 e. The highest BCUT2D eigenvalue weighted by molar-refractivity contribution is 7.14. The second kappa shape index (κ2) is 8.22. The lowest BCUT2D eigenvalue weighted by Gasteiger charge is -2.04. The topological polar surface area (TPSA) is 71.1 Å². The molecule has 3 rings (SSSR count). The van der Waals surface area contributed by atoms with Gasteiger partial charge in [0.25, 0.3) is 0 Å². The Bertz CT molecular complexity index is 948. The Morgan fingerprint density at radius 2 is 1.85 bits per heavy atom. The minimum absolute atomic E-state index is 0.155. The zero-order chi connectivity index (χ0) is 18.4. The molecule has 5 nitrogen and oxygen atoms in total. The van der Waals surface area contributed by atoms with Gasteiger partial charge in [-0.25, -0.2) is 4.98 Å². The Labute approximate surface area is 155 Å². The van der Waals surface area contributed by atoms with E-state index in [0.29, 0.717) is 10.8 Å². The normalized spacial score (nSPS) is 10.7.